The van der Waals surface area contributed by atoms with Crippen LogP contribution >= 0.6 is 11.3 Å². The lowest BCUT2D eigenvalue weighted by molar-refractivity contribution is 0.0949. The van der Waals surface area contributed by atoms with Gasteiger partial charge >= 0.3 is 0 Å². The Kier molecular flexibility index (Phi) is 6.73. The molecule has 1 atom stereocenters. The smallest absolute Gasteiger partial charge is 0.273 e. The van der Waals surface area contributed by atoms with Crippen molar-refractivity contribution in [2.45, 2.75) is 64.5 Å². The zero-order chi connectivity index (χ0) is 18.4. The van der Waals surface area contributed by atoms with Gasteiger partial charge in [-0.05, 0) is 25.8 Å². The van der Waals surface area contributed by atoms with Gasteiger partial charge in [-0.2, -0.15) is 0 Å². The zero-order valence-corrected chi connectivity index (χ0v) is 16.4. The molecule has 26 heavy (non-hydrogen) atoms. The van der Waals surface area contributed by atoms with E-state index in [1.807, 2.05) is 0 Å². The number of piperidine rings is 1. The first-order chi connectivity index (χ1) is 12.6. The van der Waals surface area contributed by atoms with Gasteiger partial charge < -0.3 is 10.6 Å². The summed E-state index contributed by atoms with van der Waals surface area (Å²) in [7, 11) is 0. The molecule has 142 valence electrons. The second-order valence-corrected chi connectivity index (χ2v) is 8.03. The lowest BCUT2D eigenvalue weighted by Crippen LogP contribution is -2.34. The fourth-order valence-electron chi connectivity index (χ4n) is 3.07. The van der Waals surface area contributed by atoms with Gasteiger partial charge in [0.15, 0.2) is 5.69 Å². The van der Waals surface area contributed by atoms with Crippen LogP contribution in [0.2, 0.25) is 0 Å². The van der Waals surface area contributed by atoms with Crippen LogP contribution in [0.1, 0.15) is 66.6 Å². The maximum atomic E-state index is 12.2. The molecule has 2 aromatic heterocycles. The molecule has 7 nitrogen and oxygen atoms in total. The Morgan fingerprint density at radius 3 is 3.08 bits per heavy atom. The van der Waals surface area contributed by atoms with Crippen molar-refractivity contribution in [3.63, 3.8) is 0 Å². The molecule has 2 aromatic rings. The molecule has 0 aromatic carbocycles. The first-order valence-corrected chi connectivity index (χ1v) is 10.4. The molecule has 3 rings (SSSR count). The average molecular weight is 377 g/mol. The van der Waals surface area contributed by atoms with Crippen molar-refractivity contribution in [1.82, 2.24) is 30.6 Å². The van der Waals surface area contributed by atoms with Crippen LogP contribution < -0.4 is 10.6 Å². The van der Waals surface area contributed by atoms with E-state index >= 15 is 0 Å². The molecule has 1 fully saturated rings. The summed E-state index contributed by atoms with van der Waals surface area (Å²) in [6.07, 6.45) is 7.27. The molecule has 1 saturated heterocycles. The second-order valence-electron chi connectivity index (χ2n) is 7.14. The Morgan fingerprint density at radius 2 is 2.35 bits per heavy atom. The Bertz CT molecular complexity index is 704. The van der Waals surface area contributed by atoms with Gasteiger partial charge in [-0.25, -0.2) is 4.98 Å². The number of nitrogens with one attached hydrogen (secondary N) is 2. The normalized spacial score (nSPS) is 17.6. The van der Waals surface area contributed by atoms with Gasteiger partial charge in [-0.15, -0.1) is 16.4 Å². The van der Waals surface area contributed by atoms with E-state index in [1.54, 1.807) is 22.2 Å². The SMILES string of the molecule is CC(C)c1nc(CCNC(=O)c2cn(CC[C@H]3CCCCN3)nn2)cs1. The average Bonchev–Trinajstić information content (AvgIpc) is 3.30. The standard InChI is InChI=1S/C18H28N6OS/c1-13(2)18-21-15(12-26-18)6-9-20-17(25)16-11-24(23-22-16)10-7-14-5-3-4-8-19-14/h11-14,19H,3-10H2,1-2H3,(H,20,25)/t14-/m1/s1. The number of aryl methyl sites for hydroxylation is 1. The van der Waals surface area contributed by atoms with E-state index in [-0.39, 0.29) is 5.91 Å². The minimum absolute atomic E-state index is 0.175. The summed E-state index contributed by atoms with van der Waals surface area (Å²) in [5, 5.41) is 17.7. The van der Waals surface area contributed by atoms with Crippen LogP contribution in [0.15, 0.2) is 11.6 Å². The number of rotatable bonds is 8. The van der Waals surface area contributed by atoms with Gasteiger partial charge in [-0.1, -0.05) is 25.5 Å². The largest absolute Gasteiger partial charge is 0.350 e. The van der Waals surface area contributed by atoms with Crippen molar-refractivity contribution in [2.75, 3.05) is 13.1 Å². The van der Waals surface area contributed by atoms with Crippen LogP contribution in [0.25, 0.3) is 0 Å². The monoisotopic (exact) mass is 376 g/mol. The second kappa shape index (κ2) is 9.23. The molecule has 0 saturated carbocycles. The Hall–Kier alpha value is -1.80. The van der Waals surface area contributed by atoms with Gasteiger partial charge in [0.25, 0.3) is 5.91 Å². The number of thiazole rings is 1. The molecular formula is C18H28N6OS. The fourth-order valence-corrected chi connectivity index (χ4v) is 3.94. The third kappa shape index (κ3) is 5.35. The van der Waals surface area contributed by atoms with E-state index in [2.05, 4.69) is 45.2 Å². The van der Waals surface area contributed by atoms with E-state index in [0.717, 1.165) is 36.6 Å². The number of carbonyl (C=O) groups excluding carboxylic acids is 1. The third-order valence-corrected chi connectivity index (χ3v) is 5.81. The van der Waals surface area contributed by atoms with Crippen molar-refractivity contribution < 1.29 is 4.79 Å². The van der Waals surface area contributed by atoms with E-state index in [4.69, 9.17) is 0 Å². The lowest BCUT2D eigenvalue weighted by atomic mass is 10.0. The Morgan fingerprint density at radius 1 is 1.46 bits per heavy atom. The van der Waals surface area contributed by atoms with Crippen LogP contribution in [0.3, 0.4) is 0 Å². The molecule has 1 amide bonds. The molecule has 0 bridgehead atoms. The van der Waals surface area contributed by atoms with Crippen molar-refractivity contribution in [3.05, 3.63) is 28.0 Å². The predicted molar refractivity (Wildman–Crippen MR) is 103 cm³/mol. The van der Waals surface area contributed by atoms with Gasteiger partial charge in [0.2, 0.25) is 0 Å². The highest BCUT2D eigenvalue weighted by atomic mass is 32.1. The maximum Gasteiger partial charge on any atom is 0.273 e. The molecule has 0 radical (unpaired) electrons. The number of nitrogens with zero attached hydrogens (tertiary/aromatic N) is 4. The van der Waals surface area contributed by atoms with Crippen molar-refractivity contribution in [3.8, 4) is 0 Å². The third-order valence-electron chi connectivity index (χ3n) is 4.62. The highest BCUT2D eigenvalue weighted by molar-refractivity contribution is 7.09. The van der Waals surface area contributed by atoms with Crippen molar-refractivity contribution >= 4 is 17.2 Å². The van der Waals surface area contributed by atoms with Crippen LogP contribution in [-0.4, -0.2) is 45.0 Å². The minimum Gasteiger partial charge on any atom is -0.350 e. The van der Waals surface area contributed by atoms with Gasteiger partial charge in [0.05, 0.1) is 16.9 Å². The summed E-state index contributed by atoms with van der Waals surface area (Å²) >= 11 is 1.68. The topological polar surface area (TPSA) is 84.7 Å². The first kappa shape index (κ1) is 19.0. The van der Waals surface area contributed by atoms with E-state index in [0.29, 0.717) is 24.2 Å². The molecule has 1 aliphatic rings. The van der Waals surface area contributed by atoms with Crippen molar-refractivity contribution in [1.29, 1.82) is 0 Å². The Balaban J connectivity index is 1.40. The predicted octanol–water partition coefficient (Wildman–Crippen LogP) is 2.36. The summed E-state index contributed by atoms with van der Waals surface area (Å²) < 4.78 is 1.76. The maximum absolute atomic E-state index is 12.2. The number of hydrogen-bond donors (Lipinski definition) is 2. The molecule has 0 unspecified atom stereocenters. The number of aromatic nitrogens is 4. The highest BCUT2D eigenvalue weighted by Gasteiger charge is 2.14. The molecule has 1 aliphatic heterocycles. The number of carbonyl (C=O) groups is 1. The minimum atomic E-state index is -0.175. The number of hydrogen-bond acceptors (Lipinski definition) is 6. The van der Waals surface area contributed by atoms with Gasteiger partial charge in [0.1, 0.15) is 0 Å². The fraction of sp³-hybridized carbons (Fsp3) is 0.667. The zero-order valence-electron chi connectivity index (χ0n) is 15.6. The van der Waals surface area contributed by atoms with Crippen LogP contribution in [-0.2, 0) is 13.0 Å². The molecule has 2 N–H and O–H groups in total. The summed E-state index contributed by atoms with van der Waals surface area (Å²) in [4.78, 5) is 16.8. The molecular weight excluding hydrogens is 348 g/mol. The molecule has 8 heteroatoms. The summed E-state index contributed by atoms with van der Waals surface area (Å²) in [5.41, 5.74) is 1.41. The summed E-state index contributed by atoms with van der Waals surface area (Å²) in [6, 6.07) is 0.555. The molecule has 0 spiro atoms. The molecule has 3 heterocycles. The van der Waals surface area contributed by atoms with Crippen LogP contribution in [0.4, 0.5) is 0 Å². The number of amides is 1. The Labute approximate surface area is 158 Å². The van der Waals surface area contributed by atoms with Gasteiger partial charge in [0, 0.05) is 36.9 Å². The van der Waals surface area contributed by atoms with Crippen molar-refractivity contribution in [2.24, 2.45) is 0 Å². The van der Waals surface area contributed by atoms with Crippen LogP contribution in [0.5, 0.6) is 0 Å². The lowest BCUT2D eigenvalue weighted by Gasteiger charge is -2.23. The first-order valence-electron chi connectivity index (χ1n) is 9.48. The summed E-state index contributed by atoms with van der Waals surface area (Å²) in [5.74, 6) is 0.272. The van der Waals surface area contributed by atoms with E-state index < -0.39 is 0 Å². The molecule has 0 aliphatic carbocycles. The van der Waals surface area contributed by atoms with E-state index in [1.165, 1.54) is 19.3 Å². The van der Waals surface area contributed by atoms with Crippen LogP contribution in [0, 0.1) is 0 Å². The quantitative estimate of drug-likeness (QED) is 0.739. The highest BCUT2D eigenvalue weighted by Crippen LogP contribution is 2.19. The summed E-state index contributed by atoms with van der Waals surface area (Å²) in [6.45, 7) is 6.72. The van der Waals surface area contributed by atoms with Gasteiger partial charge in [-0.3, -0.25) is 9.48 Å². The van der Waals surface area contributed by atoms with E-state index in [9.17, 15) is 4.79 Å².